The molecular formula is C27H22BrN3O2. The van der Waals surface area contributed by atoms with Crippen molar-refractivity contribution in [2.24, 2.45) is 16.9 Å². The first-order chi connectivity index (χ1) is 16.0. The summed E-state index contributed by atoms with van der Waals surface area (Å²) in [5, 5.41) is 5.50. The lowest BCUT2D eigenvalue weighted by Crippen LogP contribution is -2.41. The number of nitrogens with zero attached hydrogens (tertiary/aromatic N) is 3. The van der Waals surface area contributed by atoms with Gasteiger partial charge in [0, 0.05) is 30.4 Å². The van der Waals surface area contributed by atoms with Crippen molar-refractivity contribution >= 4 is 39.6 Å². The van der Waals surface area contributed by atoms with E-state index in [9.17, 15) is 9.59 Å². The Kier molecular flexibility index (Phi) is 4.56. The highest BCUT2D eigenvalue weighted by Gasteiger charge is 2.61. The molecule has 3 aliphatic carbocycles. The molecular weight excluding hydrogens is 478 g/mol. The molecule has 0 saturated carbocycles. The first-order valence-electron chi connectivity index (χ1n) is 11.0. The van der Waals surface area contributed by atoms with Crippen LogP contribution in [0.4, 0.5) is 5.69 Å². The van der Waals surface area contributed by atoms with Gasteiger partial charge in [-0.2, -0.15) is 10.1 Å². The molecule has 2 amide bonds. The van der Waals surface area contributed by atoms with Gasteiger partial charge in [-0.15, -0.1) is 0 Å². The Labute approximate surface area is 200 Å². The fraction of sp³-hybridized carbons (Fsp3) is 0.222. The molecule has 1 fully saturated rings. The Morgan fingerprint density at radius 3 is 1.73 bits per heavy atom. The van der Waals surface area contributed by atoms with Crippen LogP contribution in [0.5, 0.6) is 0 Å². The molecule has 1 heterocycles. The van der Waals surface area contributed by atoms with E-state index in [2.05, 4.69) is 45.3 Å². The van der Waals surface area contributed by atoms with Gasteiger partial charge in [-0.05, 0) is 55.9 Å². The molecule has 0 spiro atoms. The summed E-state index contributed by atoms with van der Waals surface area (Å²) in [5.41, 5.74) is 6.52. The summed E-state index contributed by atoms with van der Waals surface area (Å²) >= 11 is 3.58. The average molecular weight is 500 g/mol. The highest BCUT2D eigenvalue weighted by Crippen LogP contribution is 2.60. The maximum absolute atomic E-state index is 13.6. The van der Waals surface area contributed by atoms with Crippen LogP contribution >= 0.6 is 15.9 Å². The molecule has 0 unspecified atom stereocenters. The van der Waals surface area contributed by atoms with E-state index in [4.69, 9.17) is 0 Å². The zero-order valence-electron chi connectivity index (χ0n) is 18.3. The fourth-order valence-electron chi connectivity index (χ4n) is 5.87. The minimum Gasteiger partial charge on any atom is -0.377 e. The molecule has 6 heteroatoms. The van der Waals surface area contributed by atoms with Crippen molar-refractivity contribution in [2.45, 2.75) is 11.8 Å². The number of carbonyl (C=O) groups excluding carboxylic acids is 2. The predicted octanol–water partition coefficient (Wildman–Crippen LogP) is 4.74. The van der Waals surface area contributed by atoms with Crippen LogP contribution in [0.1, 0.15) is 39.7 Å². The molecule has 4 aliphatic rings. The molecule has 0 N–H and O–H groups in total. The van der Waals surface area contributed by atoms with Gasteiger partial charge in [0.2, 0.25) is 0 Å². The second kappa shape index (κ2) is 7.39. The molecule has 1 aliphatic heterocycles. The van der Waals surface area contributed by atoms with Gasteiger partial charge in [0.15, 0.2) is 0 Å². The van der Waals surface area contributed by atoms with E-state index in [0.29, 0.717) is 0 Å². The van der Waals surface area contributed by atoms with E-state index in [1.165, 1.54) is 0 Å². The third kappa shape index (κ3) is 2.86. The summed E-state index contributed by atoms with van der Waals surface area (Å²) in [5.74, 6) is -1.46. The number of halogens is 1. The Morgan fingerprint density at radius 1 is 0.818 bits per heavy atom. The maximum Gasteiger partial charge on any atom is 0.254 e. The molecule has 3 aromatic rings. The third-order valence-electron chi connectivity index (χ3n) is 7.20. The summed E-state index contributed by atoms with van der Waals surface area (Å²) in [6.07, 6.45) is 1.60. The number of amides is 2. The summed E-state index contributed by atoms with van der Waals surface area (Å²) in [6, 6.07) is 22.3. The Hall–Kier alpha value is -3.25. The summed E-state index contributed by atoms with van der Waals surface area (Å²) in [4.78, 5) is 29.1. The summed E-state index contributed by atoms with van der Waals surface area (Å²) in [7, 11) is 3.95. The van der Waals surface area contributed by atoms with Gasteiger partial charge in [-0.1, -0.05) is 54.6 Å². The average Bonchev–Trinajstić information content (AvgIpc) is 3.07. The van der Waals surface area contributed by atoms with Crippen molar-refractivity contribution in [2.75, 3.05) is 19.0 Å². The van der Waals surface area contributed by atoms with E-state index in [1.807, 2.05) is 61.5 Å². The van der Waals surface area contributed by atoms with E-state index in [0.717, 1.165) is 43.0 Å². The van der Waals surface area contributed by atoms with Gasteiger partial charge in [0.25, 0.3) is 11.8 Å². The molecule has 0 radical (unpaired) electrons. The Bertz CT molecular complexity index is 1230. The second-order valence-electron chi connectivity index (χ2n) is 9.10. The van der Waals surface area contributed by atoms with Gasteiger partial charge >= 0.3 is 0 Å². The molecule has 33 heavy (non-hydrogen) atoms. The molecule has 2 atom stereocenters. The number of hydrogen-bond acceptors (Lipinski definition) is 4. The van der Waals surface area contributed by atoms with E-state index >= 15 is 0 Å². The quantitative estimate of drug-likeness (QED) is 0.386. The van der Waals surface area contributed by atoms with Crippen LogP contribution in [0.25, 0.3) is 0 Å². The van der Waals surface area contributed by atoms with Gasteiger partial charge in [0.05, 0.1) is 23.7 Å². The number of imide groups is 1. The number of benzene rings is 3. The molecule has 2 bridgehead atoms. The number of anilines is 1. The zero-order valence-corrected chi connectivity index (χ0v) is 19.9. The Morgan fingerprint density at radius 2 is 1.30 bits per heavy atom. The maximum atomic E-state index is 13.6. The van der Waals surface area contributed by atoms with E-state index in [1.54, 1.807) is 6.21 Å². The molecule has 0 aromatic heterocycles. The number of hydrogen-bond donors (Lipinski definition) is 0. The van der Waals surface area contributed by atoms with Gasteiger partial charge in [0.1, 0.15) is 0 Å². The lowest BCUT2D eigenvalue weighted by atomic mass is 9.55. The SMILES string of the molecule is CN(C)c1ccc(/C=N\N2C(=O)[C@@H]3C4c5ccccc5C(c5ccccc54)[C@H]3C2=O)cc1Br. The van der Waals surface area contributed by atoms with Crippen LogP contribution in [0.2, 0.25) is 0 Å². The van der Waals surface area contributed by atoms with Crippen LogP contribution in [0, 0.1) is 11.8 Å². The minimum atomic E-state index is -0.410. The lowest BCUT2D eigenvalue weighted by Gasteiger charge is -2.45. The molecule has 164 valence electrons. The van der Waals surface area contributed by atoms with Gasteiger partial charge in [-0.25, -0.2) is 0 Å². The summed E-state index contributed by atoms with van der Waals surface area (Å²) in [6.45, 7) is 0. The second-order valence-corrected chi connectivity index (χ2v) is 9.96. The topological polar surface area (TPSA) is 53.0 Å². The number of rotatable bonds is 3. The van der Waals surface area contributed by atoms with Crippen molar-refractivity contribution in [1.29, 1.82) is 0 Å². The van der Waals surface area contributed by atoms with Crippen molar-refractivity contribution < 1.29 is 9.59 Å². The van der Waals surface area contributed by atoms with Gasteiger partial charge in [-0.3, -0.25) is 9.59 Å². The van der Waals surface area contributed by atoms with Crippen molar-refractivity contribution in [1.82, 2.24) is 5.01 Å². The molecule has 5 nitrogen and oxygen atoms in total. The van der Waals surface area contributed by atoms with Crippen molar-refractivity contribution in [3.63, 3.8) is 0 Å². The zero-order chi connectivity index (χ0) is 22.9. The minimum absolute atomic E-state index is 0.113. The standard InChI is InChI=1S/C27H22BrN3O2/c1-30(2)21-12-11-15(13-20(21)28)14-29-31-26(32)24-22-16-7-3-4-8-17(16)23(25(24)27(31)33)19-10-6-5-9-18(19)22/h3-14,22-25H,1-2H3/b29-14-/t22?,23?,24-,25-/m1/s1. The van der Waals surface area contributed by atoms with E-state index in [-0.39, 0.29) is 23.7 Å². The number of hydrazone groups is 1. The normalized spacial score (nSPS) is 24.8. The van der Waals surface area contributed by atoms with Crippen molar-refractivity contribution in [3.05, 3.63) is 99.0 Å². The molecule has 3 aromatic carbocycles. The van der Waals surface area contributed by atoms with Crippen LogP contribution < -0.4 is 4.90 Å². The highest BCUT2D eigenvalue weighted by atomic mass is 79.9. The molecule has 1 saturated heterocycles. The van der Waals surface area contributed by atoms with Crippen LogP contribution in [-0.2, 0) is 9.59 Å². The monoisotopic (exact) mass is 499 g/mol. The smallest absolute Gasteiger partial charge is 0.254 e. The van der Waals surface area contributed by atoms with Gasteiger partial charge < -0.3 is 4.90 Å². The highest BCUT2D eigenvalue weighted by molar-refractivity contribution is 9.10. The Balaban J connectivity index is 1.39. The number of carbonyl (C=O) groups is 2. The summed E-state index contributed by atoms with van der Waals surface area (Å²) < 4.78 is 0.924. The van der Waals surface area contributed by atoms with E-state index < -0.39 is 11.8 Å². The van der Waals surface area contributed by atoms with Crippen LogP contribution in [0.15, 0.2) is 76.3 Å². The molecule has 7 rings (SSSR count). The fourth-order valence-corrected chi connectivity index (χ4v) is 6.62. The van der Waals surface area contributed by atoms with Crippen LogP contribution in [-0.4, -0.2) is 37.1 Å². The lowest BCUT2D eigenvalue weighted by molar-refractivity contribution is -0.139. The largest absolute Gasteiger partial charge is 0.377 e. The predicted molar refractivity (Wildman–Crippen MR) is 131 cm³/mol. The van der Waals surface area contributed by atoms with Crippen LogP contribution in [0.3, 0.4) is 0 Å². The first-order valence-corrected chi connectivity index (χ1v) is 11.8. The van der Waals surface area contributed by atoms with Crippen molar-refractivity contribution in [3.8, 4) is 0 Å². The third-order valence-corrected chi connectivity index (χ3v) is 7.84. The first kappa shape index (κ1) is 20.4.